The number of benzene rings is 1. The Balaban J connectivity index is 2.36. The SMILES string of the molecule is N#CCn1cc(-c2ccc(Cl)c(CN)c2)cn1. The van der Waals surface area contributed by atoms with Crippen molar-refractivity contribution in [1.29, 1.82) is 5.26 Å². The Morgan fingerprint density at radius 3 is 2.94 bits per heavy atom. The number of halogens is 1. The van der Waals surface area contributed by atoms with Crippen LogP contribution in [-0.2, 0) is 13.1 Å². The van der Waals surface area contributed by atoms with Gasteiger partial charge in [-0.15, -0.1) is 0 Å². The lowest BCUT2D eigenvalue weighted by atomic mass is 10.1. The third-order valence-electron chi connectivity index (χ3n) is 2.46. The fourth-order valence-electron chi connectivity index (χ4n) is 1.58. The summed E-state index contributed by atoms with van der Waals surface area (Å²) in [7, 11) is 0. The van der Waals surface area contributed by atoms with Crippen molar-refractivity contribution >= 4 is 11.6 Å². The molecule has 5 heteroatoms. The maximum atomic E-state index is 8.57. The molecule has 2 N–H and O–H groups in total. The van der Waals surface area contributed by atoms with Crippen LogP contribution in [0.25, 0.3) is 11.1 Å². The molecule has 0 amide bonds. The summed E-state index contributed by atoms with van der Waals surface area (Å²) in [5.41, 5.74) is 8.45. The Kier molecular flexibility index (Phi) is 3.43. The molecule has 2 rings (SSSR count). The minimum Gasteiger partial charge on any atom is -0.326 e. The Morgan fingerprint density at radius 2 is 2.24 bits per heavy atom. The lowest BCUT2D eigenvalue weighted by Gasteiger charge is -2.03. The third kappa shape index (κ3) is 2.47. The number of nitriles is 1. The molecular weight excluding hydrogens is 236 g/mol. The monoisotopic (exact) mass is 246 g/mol. The first kappa shape index (κ1) is 11.6. The van der Waals surface area contributed by atoms with Gasteiger partial charge in [-0.1, -0.05) is 17.7 Å². The summed E-state index contributed by atoms with van der Waals surface area (Å²) in [5, 5.41) is 13.3. The van der Waals surface area contributed by atoms with E-state index in [2.05, 4.69) is 5.10 Å². The second-order valence-electron chi connectivity index (χ2n) is 3.60. The van der Waals surface area contributed by atoms with E-state index in [1.165, 1.54) is 0 Å². The number of aromatic nitrogens is 2. The molecule has 0 aliphatic rings. The zero-order valence-electron chi connectivity index (χ0n) is 9.10. The first-order valence-corrected chi connectivity index (χ1v) is 5.50. The Labute approximate surface area is 104 Å². The standard InChI is InChI=1S/C12H11ClN4/c13-12-2-1-9(5-10(12)6-15)11-7-16-17(8-11)4-3-14/h1-2,5,7-8H,4,6,15H2. The molecule has 0 aliphatic heterocycles. The molecule has 2 aromatic rings. The van der Waals surface area contributed by atoms with Gasteiger partial charge in [-0.2, -0.15) is 10.4 Å². The van der Waals surface area contributed by atoms with Gasteiger partial charge in [-0.3, -0.25) is 4.68 Å². The van der Waals surface area contributed by atoms with Crippen LogP contribution in [0.15, 0.2) is 30.6 Å². The maximum Gasteiger partial charge on any atom is 0.128 e. The van der Waals surface area contributed by atoms with Crippen LogP contribution >= 0.6 is 11.6 Å². The van der Waals surface area contributed by atoms with Crippen molar-refractivity contribution in [1.82, 2.24) is 9.78 Å². The van der Waals surface area contributed by atoms with Crippen LogP contribution in [0.1, 0.15) is 5.56 Å². The Bertz CT molecular complexity index is 568. The fourth-order valence-corrected chi connectivity index (χ4v) is 1.78. The average molecular weight is 247 g/mol. The largest absolute Gasteiger partial charge is 0.326 e. The highest BCUT2D eigenvalue weighted by molar-refractivity contribution is 6.31. The highest BCUT2D eigenvalue weighted by Crippen LogP contribution is 2.24. The molecule has 1 aromatic heterocycles. The van der Waals surface area contributed by atoms with E-state index in [1.54, 1.807) is 10.9 Å². The van der Waals surface area contributed by atoms with Gasteiger partial charge in [-0.25, -0.2) is 0 Å². The predicted molar refractivity (Wildman–Crippen MR) is 66.2 cm³/mol. The van der Waals surface area contributed by atoms with Crippen molar-refractivity contribution in [2.75, 3.05) is 0 Å². The molecule has 0 fully saturated rings. The average Bonchev–Trinajstić information content (AvgIpc) is 2.79. The van der Waals surface area contributed by atoms with Gasteiger partial charge in [0.2, 0.25) is 0 Å². The van der Waals surface area contributed by atoms with E-state index < -0.39 is 0 Å². The van der Waals surface area contributed by atoms with E-state index in [0.717, 1.165) is 16.7 Å². The molecule has 0 aliphatic carbocycles. The second-order valence-corrected chi connectivity index (χ2v) is 4.00. The first-order chi connectivity index (χ1) is 8.24. The van der Waals surface area contributed by atoms with Crippen LogP contribution in [0.4, 0.5) is 0 Å². The van der Waals surface area contributed by atoms with Gasteiger partial charge in [0.25, 0.3) is 0 Å². The van der Waals surface area contributed by atoms with Gasteiger partial charge in [0.1, 0.15) is 6.54 Å². The van der Waals surface area contributed by atoms with Crippen molar-refractivity contribution in [2.45, 2.75) is 13.1 Å². The van der Waals surface area contributed by atoms with Gasteiger partial charge in [0, 0.05) is 23.3 Å². The zero-order chi connectivity index (χ0) is 12.3. The number of rotatable bonds is 3. The minimum atomic E-state index is 0.247. The fraction of sp³-hybridized carbons (Fsp3) is 0.167. The van der Waals surface area contributed by atoms with Gasteiger partial charge < -0.3 is 5.73 Å². The predicted octanol–water partition coefficient (Wildman–Crippen LogP) is 2.19. The zero-order valence-corrected chi connectivity index (χ0v) is 9.85. The van der Waals surface area contributed by atoms with Crippen LogP contribution < -0.4 is 5.73 Å². The topological polar surface area (TPSA) is 67.6 Å². The number of nitrogens with two attached hydrogens (primary N) is 1. The Morgan fingerprint density at radius 1 is 1.41 bits per heavy atom. The van der Waals surface area contributed by atoms with Crippen LogP contribution in [0, 0.1) is 11.3 Å². The van der Waals surface area contributed by atoms with E-state index in [4.69, 9.17) is 22.6 Å². The lowest BCUT2D eigenvalue weighted by Crippen LogP contribution is -1.97. The van der Waals surface area contributed by atoms with E-state index >= 15 is 0 Å². The molecule has 0 saturated heterocycles. The van der Waals surface area contributed by atoms with Crippen LogP contribution in [0.5, 0.6) is 0 Å². The normalized spacial score (nSPS) is 10.2. The van der Waals surface area contributed by atoms with Crippen molar-refractivity contribution in [3.05, 3.63) is 41.2 Å². The van der Waals surface area contributed by atoms with Crippen molar-refractivity contribution in [3.63, 3.8) is 0 Å². The van der Waals surface area contributed by atoms with Crippen LogP contribution in [0.2, 0.25) is 5.02 Å². The summed E-state index contributed by atoms with van der Waals surface area (Å²) in [5.74, 6) is 0. The summed E-state index contributed by atoms with van der Waals surface area (Å²) in [4.78, 5) is 0. The molecule has 0 unspecified atom stereocenters. The molecule has 0 saturated carbocycles. The summed E-state index contributed by atoms with van der Waals surface area (Å²) in [6.45, 7) is 0.649. The quantitative estimate of drug-likeness (QED) is 0.903. The number of hydrogen-bond acceptors (Lipinski definition) is 3. The number of nitrogens with zero attached hydrogens (tertiary/aromatic N) is 3. The first-order valence-electron chi connectivity index (χ1n) is 5.13. The molecular formula is C12H11ClN4. The van der Waals surface area contributed by atoms with Crippen molar-refractivity contribution in [3.8, 4) is 17.2 Å². The third-order valence-corrected chi connectivity index (χ3v) is 2.83. The van der Waals surface area contributed by atoms with Crippen LogP contribution in [-0.4, -0.2) is 9.78 Å². The summed E-state index contributed by atoms with van der Waals surface area (Å²) >= 11 is 5.99. The second kappa shape index (κ2) is 5.00. The van der Waals surface area contributed by atoms with Crippen molar-refractivity contribution < 1.29 is 0 Å². The van der Waals surface area contributed by atoms with Gasteiger partial charge in [0.05, 0.1) is 12.3 Å². The van der Waals surface area contributed by atoms with Crippen LogP contribution in [0.3, 0.4) is 0 Å². The molecule has 0 atom stereocenters. The highest BCUT2D eigenvalue weighted by Gasteiger charge is 2.05. The molecule has 86 valence electrons. The molecule has 4 nitrogen and oxygen atoms in total. The molecule has 0 spiro atoms. The lowest BCUT2D eigenvalue weighted by molar-refractivity contribution is 0.710. The summed E-state index contributed by atoms with van der Waals surface area (Å²) < 4.78 is 1.59. The smallest absolute Gasteiger partial charge is 0.128 e. The maximum absolute atomic E-state index is 8.57. The summed E-state index contributed by atoms with van der Waals surface area (Å²) in [6, 6.07) is 7.71. The molecule has 0 bridgehead atoms. The van der Waals surface area contributed by atoms with Gasteiger partial charge >= 0.3 is 0 Å². The van der Waals surface area contributed by atoms with E-state index in [-0.39, 0.29) is 6.54 Å². The summed E-state index contributed by atoms with van der Waals surface area (Å²) in [6.07, 6.45) is 3.55. The van der Waals surface area contributed by atoms with Gasteiger partial charge in [-0.05, 0) is 23.3 Å². The molecule has 0 radical (unpaired) electrons. The molecule has 1 heterocycles. The highest BCUT2D eigenvalue weighted by atomic mass is 35.5. The molecule has 1 aromatic carbocycles. The molecule has 17 heavy (non-hydrogen) atoms. The van der Waals surface area contributed by atoms with Gasteiger partial charge in [0.15, 0.2) is 0 Å². The number of hydrogen-bond donors (Lipinski definition) is 1. The van der Waals surface area contributed by atoms with E-state index in [9.17, 15) is 0 Å². The van der Waals surface area contributed by atoms with E-state index in [1.807, 2.05) is 30.5 Å². The Hall–Kier alpha value is -1.83. The van der Waals surface area contributed by atoms with Crippen molar-refractivity contribution in [2.24, 2.45) is 5.73 Å². The minimum absolute atomic E-state index is 0.247. The van der Waals surface area contributed by atoms with E-state index in [0.29, 0.717) is 11.6 Å².